The molecule has 1 saturated heterocycles. The highest BCUT2D eigenvalue weighted by Crippen LogP contribution is 2.23. The zero-order chi connectivity index (χ0) is 16.9. The molecule has 1 fully saturated rings. The Morgan fingerprint density at radius 2 is 1.83 bits per heavy atom. The number of halogens is 1. The SMILES string of the molecule is O=C(NC(=S)Nc1cccc(N2CCCC2)c1)c1cccc(F)c1. The van der Waals surface area contributed by atoms with Gasteiger partial charge in [0.1, 0.15) is 5.82 Å². The van der Waals surface area contributed by atoms with Crippen LogP contribution in [0.5, 0.6) is 0 Å². The quantitative estimate of drug-likeness (QED) is 0.837. The van der Waals surface area contributed by atoms with E-state index in [0.29, 0.717) is 0 Å². The molecular weight excluding hydrogens is 325 g/mol. The molecule has 1 aliphatic rings. The van der Waals surface area contributed by atoms with Crippen LogP contribution >= 0.6 is 12.2 Å². The molecule has 0 saturated carbocycles. The van der Waals surface area contributed by atoms with Crippen molar-refractivity contribution in [1.82, 2.24) is 5.32 Å². The molecule has 2 aromatic carbocycles. The third-order valence-corrected chi connectivity index (χ3v) is 4.09. The maximum absolute atomic E-state index is 13.2. The number of nitrogens with one attached hydrogen (secondary N) is 2. The number of nitrogens with zero attached hydrogens (tertiary/aromatic N) is 1. The zero-order valence-corrected chi connectivity index (χ0v) is 13.9. The summed E-state index contributed by atoms with van der Waals surface area (Å²) in [5.74, 6) is -0.900. The number of carbonyl (C=O) groups excluding carboxylic acids is 1. The number of hydrogen-bond donors (Lipinski definition) is 2. The minimum atomic E-state index is -0.458. The molecule has 2 aromatic rings. The van der Waals surface area contributed by atoms with Crippen LogP contribution in [-0.2, 0) is 0 Å². The zero-order valence-electron chi connectivity index (χ0n) is 13.1. The number of thiocarbonyl (C=S) groups is 1. The van der Waals surface area contributed by atoms with Gasteiger partial charge < -0.3 is 10.2 Å². The first-order chi connectivity index (χ1) is 11.6. The molecule has 24 heavy (non-hydrogen) atoms. The molecule has 2 N–H and O–H groups in total. The van der Waals surface area contributed by atoms with Crippen LogP contribution in [0.4, 0.5) is 15.8 Å². The lowest BCUT2D eigenvalue weighted by Gasteiger charge is -2.19. The highest BCUT2D eigenvalue weighted by atomic mass is 32.1. The molecule has 1 heterocycles. The number of rotatable bonds is 3. The van der Waals surface area contributed by atoms with Crippen molar-refractivity contribution in [3.05, 3.63) is 59.9 Å². The first-order valence-corrected chi connectivity index (χ1v) is 8.25. The lowest BCUT2D eigenvalue weighted by molar-refractivity contribution is 0.0977. The number of carbonyl (C=O) groups is 1. The van der Waals surface area contributed by atoms with Crippen LogP contribution in [0.25, 0.3) is 0 Å². The average molecular weight is 343 g/mol. The molecule has 3 rings (SSSR count). The lowest BCUT2D eigenvalue weighted by atomic mass is 10.2. The van der Waals surface area contributed by atoms with Gasteiger partial charge in [0.15, 0.2) is 5.11 Å². The Balaban J connectivity index is 1.62. The summed E-state index contributed by atoms with van der Waals surface area (Å²) < 4.78 is 13.2. The van der Waals surface area contributed by atoms with E-state index in [2.05, 4.69) is 21.6 Å². The smallest absolute Gasteiger partial charge is 0.257 e. The molecule has 0 aromatic heterocycles. The van der Waals surface area contributed by atoms with E-state index < -0.39 is 11.7 Å². The van der Waals surface area contributed by atoms with E-state index in [1.807, 2.05) is 18.2 Å². The van der Waals surface area contributed by atoms with Crippen LogP contribution < -0.4 is 15.5 Å². The molecule has 0 radical (unpaired) electrons. The Hall–Kier alpha value is -2.47. The number of benzene rings is 2. The molecule has 0 atom stereocenters. The van der Waals surface area contributed by atoms with Crippen molar-refractivity contribution in [2.45, 2.75) is 12.8 Å². The topological polar surface area (TPSA) is 44.4 Å². The lowest BCUT2D eigenvalue weighted by Crippen LogP contribution is -2.34. The van der Waals surface area contributed by atoms with Gasteiger partial charge in [-0.15, -0.1) is 0 Å². The van der Waals surface area contributed by atoms with Crippen molar-refractivity contribution in [3.8, 4) is 0 Å². The highest BCUT2D eigenvalue weighted by molar-refractivity contribution is 7.80. The van der Waals surface area contributed by atoms with Crippen LogP contribution in [0.15, 0.2) is 48.5 Å². The van der Waals surface area contributed by atoms with Crippen LogP contribution in [0.2, 0.25) is 0 Å². The molecule has 0 unspecified atom stereocenters. The summed E-state index contributed by atoms with van der Waals surface area (Å²) in [6, 6.07) is 13.4. The van der Waals surface area contributed by atoms with E-state index in [1.165, 1.54) is 37.1 Å². The van der Waals surface area contributed by atoms with Gasteiger partial charge in [-0.25, -0.2) is 4.39 Å². The second-order valence-corrected chi connectivity index (χ2v) is 6.07. The van der Waals surface area contributed by atoms with Crippen molar-refractivity contribution in [2.75, 3.05) is 23.3 Å². The fourth-order valence-electron chi connectivity index (χ4n) is 2.72. The maximum atomic E-state index is 13.2. The molecule has 1 amide bonds. The largest absolute Gasteiger partial charge is 0.371 e. The van der Waals surface area contributed by atoms with E-state index in [-0.39, 0.29) is 10.7 Å². The molecular formula is C18H18FN3OS. The van der Waals surface area contributed by atoms with Crippen molar-refractivity contribution >= 4 is 34.6 Å². The second kappa shape index (κ2) is 7.40. The van der Waals surface area contributed by atoms with Crippen LogP contribution in [0.1, 0.15) is 23.2 Å². The molecule has 124 valence electrons. The van der Waals surface area contributed by atoms with E-state index in [4.69, 9.17) is 12.2 Å². The van der Waals surface area contributed by atoms with E-state index >= 15 is 0 Å². The van der Waals surface area contributed by atoms with Gasteiger partial charge in [0, 0.05) is 30.0 Å². The predicted octanol–water partition coefficient (Wildman–Crippen LogP) is 3.55. The first kappa shape index (κ1) is 16.4. The molecule has 6 heteroatoms. The van der Waals surface area contributed by atoms with Crippen molar-refractivity contribution < 1.29 is 9.18 Å². The fourth-order valence-corrected chi connectivity index (χ4v) is 2.93. The number of amides is 1. The predicted molar refractivity (Wildman–Crippen MR) is 98.0 cm³/mol. The summed E-state index contributed by atoms with van der Waals surface area (Å²) in [7, 11) is 0. The van der Waals surface area contributed by atoms with E-state index in [1.54, 1.807) is 0 Å². The molecule has 4 nitrogen and oxygen atoms in total. The monoisotopic (exact) mass is 343 g/mol. The molecule has 0 spiro atoms. The summed E-state index contributed by atoms with van der Waals surface area (Å²) in [6.45, 7) is 2.12. The van der Waals surface area contributed by atoms with Crippen molar-refractivity contribution in [1.29, 1.82) is 0 Å². The van der Waals surface area contributed by atoms with Crippen molar-refractivity contribution in [2.24, 2.45) is 0 Å². The van der Waals surface area contributed by atoms with E-state index in [9.17, 15) is 9.18 Å². The third-order valence-electron chi connectivity index (χ3n) is 3.89. The van der Waals surface area contributed by atoms with Gasteiger partial charge >= 0.3 is 0 Å². The first-order valence-electron chi connectivity index (χ1n) is 7.85. The standard InChI is InChI=1S/C18H18FN3OS/c19-14-6-3-5-13(11-14)17(23)21-18(24)20-15-7-4-8-16(12-15)22-9-1-2-10-22/h3-8,11-12H,1-2,9-10H2,(H2,20,21,23,24). The highest BCUT2D eigenvalue weighted by Gasteiger charge is 2.13. The second-order valence-electron chi connectivity index (χ2n) is 5.66. The molecule has 0 aliphatic carbocycles. The summed E-state index contributed by atoms with van der Waals surface area (Å²) in [4.78, 5) is 14.4. The number of anilines is 2. The van der Waals surface area contributed by atoms with Gasteiger partial charge in [-0.05, 0) is 61.5 Å². The Bertz CT molecular complexity index is 759. The molecule has 0 bridgehead atoms. The van der Waals surface area contributed by atoms with Gasteiger partial charge in [-0.3, -0.25) is 10.1 Å². The van der Waals surface area contributed by atoms with Crippen LogP contribution in [0.3, 0.4) is 0 Å². The summed E-state index contributed by atoms with van der Waals surface area (Å²) >= 11 is 5.17. The van der Waals surface area contributed by atoms with Gasteiger partial charge in [-0.2, -0.15) is 0 Å². The Kier molecular flexibility index (Phi) is 5.05. The van der Waals surface area contributed by atoms with Gasteiger partial charge in [0.2, 0.25) is 0 Å². The fraction of sp³-hybridized carbons (Fsp3) is 0.222. The Labute approximate surface area is 145 Å². The van der Waals surface area contributed by atoms with Crippen LogP contribution in [0, 0.1) is 5.82 Å². The normalized spacial score (nSPS) is 13.6. The number of hydrogen-bond acceptors (Lipinski definition) is 3. The van der Waals surface area contributed by atoms with Gasteiger partial charge in [-0.1, -0.05) is 12.1 Å². The Morgan fingerprint density at radius 3 is 2.58 bits per heavy atom. The minimum absolute atomic E-state index is 0.183. The van der Waals surface area contributed by atoms with Crippen LogP contribution in [-0.4, -0.2) is 24.1 Å². The maximum Gasteiger partial charge on any atom is 0.257 e. The summed E-state index contributed by atoms with van der Waals surface area (Å²) in [5, 5.41) is 5.75. The third kappa shape index (κ3) is 4.08. The average Bonchev–Trinajstić information content (AvgIpc) is 3.09. The summed E-state index contributed by atoms with van der Waals surface area (Å²) in [5.41, 5.74) is 2.17. The summed E-state index contributed by atoms with van der Waals surface area (Å²) in [6.07, 6.45) is 2.42. The van der Waals surface area contributed by atoms with Crippen molar-refractivity contribution in [3.63, 3.8) is 0 Å². The Morgan fingerprint density at radius 1 is 1.08 bits per heavy atom. The molecule has 1 aliphatic heterocycles. The van der Waals surface area contributed by atoms with Gasteiger partial charge in [0.25, 0.3) is 5.91 Å². The van der Waals surface area contributed by atoms with E-state index in [0.717, 1.165) is 24.5 Å². The minimum Gasteiger partial charge on any atom is -0.371 e. The van der Waals surface area contributed by atoms with Gasteiger partial charge in [0.05, 0.1) is 0 Å².